The van der Waals surface area contributed by atoms with Crippen LogP contribution < -0.4 is 0 Å². The number of fused-ring (bicyclic) bond motifs is 3. The molecule has 0 radical (unpaired) electrons. The van der Waals surface area contributed by atoms with Crippen LogP contribution in [0.1, 0.15) is 12.6 Å². The Kier molecular flexibility index (Phi) is 5.79. The summed E-state index contributed by atoms with van der Waals surface area (Å²) >= 11 is 0. The molecule has 2 heterocycles. The highest BCUT2D eigenvalue weighted by molar-refractivity contribution is 5.90. The smallest absolute Gasteiger partial charge is 0.332 e. The van der Waals surface area contributed by atoms with Crippen LogP contribution in [-0.4, -0.2) is 63.7 Å². The van der Waals surface area contributed by atoms with Gasteiger partial charge in [-0.05, 0) is 31.5 Å². The first-order chi connectivity index (χ1) is 13.4. The number of carboxylic acid groups (broad SMARTS) is 1. The molecule has 1 unspecified atom stereocenters. The minimum absolute atomic E-state index is 0.0452. The van der Waals surface area contributed by atoms with E-state index in [1.54, 1.807) is 18.9 Å². The van der Waals surface area contributed by atoms with E-state index in [1.165, 1.54) is 10.9 Å². The van der Waals surface area contributed by atoms with Crippen LogP contribution in [0.5, 0.6) is 0 Å². The molecule has 1 aromatic carbocycles. The van der Waals surface area contributed by atoms with Crippen molar-refractivity contribution >= 4 is 28.7 Å². The van der Waals surface area contributed by atoms with Gasteiger partial charge in [0.15, 0.2) is 0 Å². The third-order valence-corrected chi connectivity index (χ3v) is 4.95. The third kappa shape index (κ3) is 4.23. The zero-order chi connectivity index (χ0) is 20.3. The second-order valence-corrected chi connectivity index (χ2v) is 6.80. The predicted molar refractivity (Wildman–Crippen MR) is 102 cm³/mol. The van der Waals surface area contributed by atoms with Crippen LogP contribution in [0.15, 0.2) is 42.5 Å². The molecule has 1 atom stereocenters. The number of rotatable bonds is 6. The zero-order valence-electron chi connectivity index (χ0n) is 15.9. The van der Waals surface area contributed by atoms with E-state index in [2.05, 4.69) is 22.8 Å². The van der Waals surface area contributed by atoms with Crippen LogP contribution in [0.2, 0.25) is 0 Å². The van der Waals surface area contributed by atoms with E-state index in [1.807, 2.05) is 17.0 Å². The van der Waals surface area contributed by atoms with Gasteiger partial charge < -0.3 is 19.3 Å². The van der Waals surface area contributed by atoms with Crippen molar-refractivity contribution in [3.8, 4) is 0 Å². The number of hydrogen-bond acceptors (Lipinski definition) is 5. The van der Waals surface area contributed by atoms with Crippen LogP contribution in [0.4, 0.5) is 0 Å². The van der Waals surface area contributed by atoms with Crippen LogP contribution in [0, 0.1) is 0 Å². The van der Waals surface area contributed by atoms with Gasteiger partial charge in [0.25, 0.3) is 0 Å². The Labute approximate surface area is 162 Å². The molecular formula is C20H23N3O5. The summed E-state index contributed by atoms with van der Waals surface area (Å²) in [5.41, 5.74) is 2.27. The first kappa shape index (κ1) is 19.6. The second kappa shape index (κ2) is 8.26. The molecule has 0 spiro atoms. The quantitative estimate of drug-likeness (QED) is 0.460. The fraction of sp³-hybridized carbons (Fsp3) is 0.350. The lowest BCUT2D eigenvalue weighted by molar-refractivity contribution is -0.148. The van der Waals surface area contributed by atoms with Crippen LogP contribution in [-0.2, 0) is 32.2 Å². The Balaban J connectivity index is 1.59. The van der Waals surface area contributed by atoms with E-state index >= 15 is 0 Å². The van der Waals surface area contributed by atoms with Crippen LogP contribution in [0.25, 0.3) is 10.9 Å². The second-order valence-electron chi connectivity index (χ2n) is 6.80. The van der Waals surface area contributed by atoms with Gasteiger partial charge in [-0.1, -0.05) is 18.2 Å². The number of carboxylic acids is 1. The third-order valence-electron chi connectivity index (χ3n) is 4.95. The van der Waals surface area contributed by atoms with E-state index < -0.39 is 18.0 Å². The minimum atomic E-state index is -1.23. The number of ether oxygens (including phenoxy) is 1. The summed E-state index contributed by atoms with van der Waals surface area (Å²) in [6.07, 6.45) is 1.55. The van der Waals surface area contributed by atoms with Crippen molar-refractivity contribution in [1.29, 1.82) is 0 Å². The number of carbonyl (C=O) groups is 3. The summed E-state index contributed by atoms with van der Waals surface area (Å²) in [6.45, 7) is 3.54. The Morgan fingerprint density at radius 2 is 2.00 bits per heavy atom. The molecule has 3 rings (SSSR count). The minimum Gasteiger partial charge on any atom is -0.478 e. The van der Waals surface area contributed by atoms with Gasteiger partial charge in [0.2, 0.25) is 5.91 Å². The van der Waals surface area contributed by atoms with Gasteiger partial charge in [-0.25, -0.2) is 9.59 Å². The SMILES string of the molecule is CC(C(=O)N1CCn2c(cc3ccccc32)C1)N(C)COC(=O)/C=C\C(=O)O. The number of carbonyl (C=O) groups excluding carboxylic acids is 2. The normalized spacial score (nSPS) is 15.0. The predicted octanol–water partition coefficient (Wildman–Crippen LogP) is 1.45. The Hall–Kier alpha value is -3.13. The van der Waals surface area contributed by atoms with Crippen molar-refractivity contribution in [3.05, 3.63) is 48.2 Å². The molecule has 28 heavy (non-hydrogen) atoms. The summed E-state index contributed by atoms with van der Waals surface area (Å²) in [5, 5.41) is 9.67. The van der Waals surface area contributed by atoms with Gasteiger partial charge in [-0.3, -0.25) is 9.69 Å². The summed E-state index contributed by atoms with van der Waals surface area (Å²) in [6, 6.07) is 9.79. The highest BCUT2D eigenvalue weighted by atomic mass is 16.5. The number of para-hydroxylation sites is 1. The van der Waals surface area contributed by atoms with Crippen molar-refractivity contribution in [2.45, 2.75) is 26.1 Å². The summed E-state index contributed by atoms with van der Waals surface area (Å²) in [7, 11) is 1.68. The van der Waals surface area contributed by atoms with Crippen LogP contribution in [0.3, 0.4) is 0 Å². The standard InChI is InChI=1S/C20H23N3O5/c1-14(21(2)13-28-19(26)8-7-18(24)25)20(27)22-9-10-23-16(12-22)11-15-5-3-4-6-17(15)23/h3-8,11,14H,9-10,12-13H2,1-2H3,(H,24,25)/b8-7-. The molecule has 8 nitrogen and oxygen atoms in total. The van der Waals surface area contributed by atoms with Crippen molar-refractivity contribution in [2.75, 3.05) is 20.3 Å². The average Bonchev–Trinajstić information content (AvgIpc) is 3.07. The molecule has 0 aliphatic carbocycles. The zero-order valence-corrected chi connectivity index (χ0v) is 15.9. The summed E-state index contributed by atoms with van der Waals surface area (Å²) in [5.74, 6) is -2.04. The first-order valence-corrected chi connectivity index (χ1v) is 9.00. The number of esters is 1. The van der Waals surface area contributed by atoms with Crippen molar-refractivity contribution in [3.63, 3.8) is 0 Å². The van der Waals surface area contributed by atoms with Crippen molar-refractivity contribution < 1.29 is 24.2 Å². The molecule has 0 saturated carbocycles. The van der Waals surface area contributed by atoms with Gasteiger partial charge in [0.1, 0.15) is 6.73 Å². The van der Waals surface area contributed by atoms with Crippen LogP contribution >= 0.6 is 0 Å². The van der Waals surface area contributed by atoms with Gasteiger partial charge >= 0.3 is 11.9 Å². The lowest BCUT2D eigenvalue weighted by atomic mass is 10.2. The molecule has 0 bridgehead atoms. The summed E-state index contributed by atoms with van der Waals surface area (Å²) in [4.78, 5) is 38.2. The molecule has 1 aliphatic heterocycles. The summed E-state index contributed by atoms with van der Waals surface area (Å²) < 4.78 is 7.21. The Morgan fingerprint density at radius 3 is 2.75 bits per heavy atom. The van der Waals surface area contributed by atoms with Crippen molar-refractivity contribution in [1.82, 2.24) is 14.4 Å². The molecule has 1 amide bonds. The average molecular weight is 385 g/mol. The lowest BCUT2D eigenvalue weighted by Gasteiger charge is -2.33. The maximum Gasteiger partial charge on any atom is 0.332 e. The maximum absolute atomic E-state index is 12.9. The molecule has 0 fully saturated rings. The van der Waals surface area contributed by atoms with Gasteiger partial charge in [-0.2, -0.15) is 0 Å². The highest BCUT2D eigenvalue weighted by Crippen LogP contribution is 2.24. The molecule has 0 saturated heterocycles. The Bertz CT molecular complexity index is 933. The van der Waals surface area contributed by atoms with E-state index in [0.29, 0.717) is 19.2 Å². The lowest BCUT2D eigenvalue weighted by Crippen LogP contribution is -2.48. The van der Waals surface area contributed by atoms with E-state index in [9.17, 15) is 14.4 Å². The van der Waals surface area contributed by atoms with Gasteiger partial charge in [0, 0.05) is 36.5 Å². The molecular weight excluding hydrogens is 362 g/mol. The molecule has 2 aromatic rings. The number of amides is 1. The molecule has 1 aliphatic rings. The first-order valence-electron chi connectivity index (χ1n) is 9.00. The van der Waals surface area contributed by atoms with E-state index in [0.717, 1.165) is 18.3 Å². The van der Waals surface area contributed by atoms with Crippen molar-refractivity contribution in [2.24, 2.45) is 0 Å². The number of nitrogens with zero attached hydrogens (tertiary/aromatic N) is 3. The molecule has 148 valence electrons. The monoisotopic (exact) mass is 385 g/mol. The fourth-order valence-electron chi connectivity index (χ4n) is 3.26. The maximum atomic E-state index is 12.9. The molecule has 1 N–H and O–H groups in total. The highest BCUT2D eigenvalue weighted by Gasteiger charge is 2.28. The number of aliphatic carboxylic acids is 1. The van der Waals surface area contributed by atoms with Gasteiger partial charge in [0.05, 0.1) is 12.6 Å². The fourth-order valence-corrected chi connectivity index (χ4v) is 3.26. The number of hydrogen-bond donors (Lipinski definition) is 1. The van der Waals surface area contributed by atoms with E-state index in [4.69, 9.17) is 9.84 Å². The molecule has 1 aromatic heterocycles. The number of benzene rings is 1. The van der Waals surface area contributed by atoms with E-state index in [-0.39, 0.29) is 12.6 Å². The van der Waals surface area contributed by atoms with Gasteiger partial charge in [-0.15, -0.1) is 0 Å². The number of likely N-dealkylation sites (N-methyl/N-ethyl adjacent to an activating group) is 1. The largest absolute Gasteiger partial charge is 0.478 e. The topological polar surface area (TPSA) is 92.1 Å². The number of aromatic nitrogens is 1. The Morgan fingerprint density at radius 1 is 1.25 bits per heavy atom. The molecule has 8 heteroatoms.